The average molecular weight is 212 g/mol. The minimum absolute atomic E-state index is 0.172. The molecule has 0 aliphatic heterocycles. The van der Waals surface area contributed by atoms with Crippen LogP contribution in [-0.4, -0.2) is 29.5 Å². The normalized spacial score (nSPS) is 11.5. The molecule has 0 aliphatic carbocycles. The molecular formula is C12H20O3. The van der Waals surface area contributed by atoms with Gasteiger partial charge in [-0.15, -0.1) is 0 Å². The smallest absolute Gasteiger partial charge is 0.100 e. The van der Waals surface area contributed by atoms with Crippen molar-refractivity contribution in [3.8, 4) is 0 Å². The van der Waals surface area contributed by atoms with Crippen molar-refractivity contribution in [2.45, 2.75) is 26.6 Å². The molecule has 0 bridgehead atoms. The topological polar surface area (TPSA) is 49.7 Å². The first-order chi connectivity index (χ1) is 7.33. The summed E-state index contributed by atoms with van der Waals surface area (Å²) in [6.45, 7) is 4.39. The molecule has 1 unspecified atom stereocenters. The Morgan fingerprint density at radius 1 is 1.20 bits per heavy atom. The highest BCUT2D eigenvalue weighted by molar-refractivity contribution is 5.13. The number of ether oxygens (including phenoxy) is 1. The fourth-order valence-corrected chi connectivity index (χ4v) is 0.940. The molecule has 1 rings (SSSR count). The second kappa shape index (κ2) is 9.65. The molecule has 2 N–H and O–H groups in total. The largest absolute Gasteiger partial charge is 0.394 e. The standard InChI is InChI=1S/C10H14O3.C2H6/c11-6-10(12)8-13-7-9-4-2-1-3-5-9;1-2/h1-5,10-12H,6-8H2;1-2H3. The van der Waals surface area contributed by atoms with Gasteiger partial charge in [-0.3, -0.25) is 0 Å². The van der Waals surface area contributed by atoms with Crippen LogP contribution in [0.5, 0.6) is 0 Å². The first-order valence-electron chi connectivity index (χ1n) is 5.23. The van der Waals surface area contributed by atoms with Crippen molar-refractivity contribution in [2.24, 2.45) is 0 Å². The molecule has 86 valence electrons. The molecule has 1 aromatic carbocycles. The van der Waals surface area contributed by atoms with Gasteiger partial charge in [0.1, 0.15) is 6.10 Å². The molecule has 1 atom stereocenters. The van der Waals surface area contributed by atoms with E-state index in [0.717, 1.165) is 5.56 Å². The highest BCUT2D eigenvalue weighted by atomic mass is 16.5. The summed E-state index contributed by atoms with van der Waals surface area (Å²) in [6, 6.07) is 9.70. The van der Waals surface area contributed by atoms with E-state index in [4.69, 9.17) is 14.9 Å². The maximum Gasteiger partial charge on any atom is 0.100 e. The third-order valence-electron chi connectivity index (χ3n) is 1.63. The highest BCUT2D eigenvalue weighted by Crippen LogP contribution is 2.00. The predicted molar refractivity (Wildman–Crippen MR) is 60.5 cm³/mol. The Labute approximate surface area is 91.3 Å². The van der Waals surface area contributed by atoms with E-state index in [1.54, 1.807) is 0 Å². The summed E-state index contributed by atoms with van der Waals surface area (Å²) >= 11 is 0. The first kappa shape index (κ1) is 14.1. The van der Waals surface area contributed by atoms with Crippen molar-refractivity contribution < 1.29 is 14.9 Å². The van der Waals surface area contributed by atoms with E-state index in [1.807, 2.05) is 44.2 Å². The Kier molecular flexibility index (Phi) is 9.07. The van der Waals surface area contributed by atoms with E-state index in [-0.39, 0.29) is 13.2 Å². The SMILES string of the molecule is CC.OCC(O)COCc1ccccc1. The molecule has 1 aromatic rings. The number of aliphatic hydroxyl groups is 2. The third kappa shape index (κ3) is 7.08. The second-order valence-corrected chi connectivity index (χ2v) is 2.84. The Hall–Kier alpha value is -0.900. The molecule has 0 aromatic heterocycles. The molecule has 0 amide bonds. The van der Waals surface area contributed by atoms with Gasteiger partial charge in [-0.05, 0) is 5.56 Å². The van der Waals surface area contributed by atoms with Gasteiger partial charge in [0, 0.05) is 0 Å². The van der Waals surface area contributed by atoms with Crippen LogP contribution in [-0.2, 0) is 11.3 Å². The van der Waals surface area contributed by atoms with Gasteiger partial charge in [-0.2, -0.15) is 0 Å². The molecule has 0 saturated carbocycles. The minimum Gasteiger partial charge on any atom is -0.394 e. The second-order valence-electron chi connectivity index (χ2n) is 2.84. The first-order valence-corrected chi connectivity index (χ1v) is 5.23. The summed E-state index contributed by atoms with van der Waals surface area (Å²) in [5.41, 5.74) is 1.06. The van der Waals surface area contributed by atoms with E-state index >= 15 is 0 Å². The lowest BCUT2D eigenvalue weighted by atomic mass is 10.2. The van der Waals surface area contributed by atoms with Gasteiger partial charge in [0.25, 0.3) is 0 Å². The van der Waals surface area contributed by atoms with Crippen molar-refractivity contribution in [3.05, 3.63) is 35.9 Å². The summed E-state index contributed by atoms with van der Waals surface area (Å²) in [5.74, 6) is 0. The zero-order valence-corrected chi connectivity index (χ0v) is 9.39. The van der Waals surface area contributed by atoms with Crippen LogP contribution in [0.1, 0.15) is 19.4 Å². The predicted octanol–water partition coefficient (Wildman–Crippen LogP) is 1.58. The molecule has 0 fully saturated rings. The fourth-order valence-electron chi connectivity index (χ4n) is 0.940. The Morgan fingerprint density at radius 2 is 1.80 bits per heavy atom. The van der Waals surface area contributed by atoms with E-state index in [9.17, 15) is 0 Å². The Morgan fingerprint density at radius 3 is 2.33 bits per heavy atom. The zero-order chi connectivity index (χ0) is 11.5. The van der Waals surface area contributed by atoms with Crippen LogP contribution >= 0.6 is 0 Å². The van der Waals surface area contributed by atoms with E-state index in [1.165, 1.54) is 0 Å². The molecule has 0 saturated heterocycles. The molecule has 15 heavy (non-hydrogen) atoms. The van der Waals surface area contributed by atoms with Crippen LogP contribution in [0.4, 0.5) is 0 Å². The Bertz CT molecular complexity index is 224. The molecule has 3 nitrogen and oxygen atoms in total. The maximum absolute atomic E-state index is 8.96. The summed E-state index contributed by atoms with van der Waals surface area (Å²) in [7, 11) is 0. The quantitative estimate of drug-likeness (QED) is 0.779. The van der Waals surface area contributed by atoms with Crippen molar-refractivity contribution >= 4 is 0 Å². The van der Waals surface area contributed by atoms with Gasteiger partial charge in [-0.1, -0.05) is 44.2 Å². The van der Waals surface area contributed by atoms with Gasteiger partial charge in [0.15, 0.2) is 0 Å². The van der Waals surface area contributed by atoms with Gasteiger partial charge >= 0.3 is 0 Å². The zero-order valence-electron chi connectivity index (χ0n) is 9.39. The molecule has 0 aliphatic rings. The molecular weight excluding hydrogens is 192 g/mol. The van der Waals surface area contributed by atoms with Crippen molar-refractivity contribution in [3.63, 3.8) is 0 Å². The molecule has 0 spiro atoms. The van der Waals surface area contributed by atoms with Crippen LogP contribution in [0.15, 0.2) is 30.3 Å². The van der Waals surface area contributed by atoms with Gasteiger partial charge in [-0.25, -0.2) is 0 Å². The maximum atomic E-state index is 8.96. The van der Waals surface area contributed by atoms with Crippen LogP contribution in [0.25, 0.3) is 0 Å². The van der Waals surface area contributed by atoms with Gasteiger partial charge in [0.05, 0.1) is 19.8 Å². The molecule has 0 radical (unpaired) electrons. The summed E-state index contributed by atoms with van der Waals surface area (Å²) < 4.78 is 5.16. The monoisotopic (exact) mass is 212 g/mol. The van der Waals surface area contributed by atoms with Gasteiger partial charge < -0.3 is 14.9 Å². The number of benzene rings is 1. The third-order valence-corrected chi connectivity index (χ3v) is 1.63. The lowest BCUT2D eigenvalue weighted by Crippen LogP contribution is -2.19. The fraction of sp³-hybridized carbons (Fsp3) is 0.500. The lowest BCUT2D eigenvalue weighted by molar-refractivity contribution is 0.0000253. The van der Waals surface area contributed by atoms with E-state index < -0.39 is 6.10 Å². The Balaban J connectivity index is 0.000000921. The van der Waals surface area contributed by atoms with Crippen molar-refractivity contribution in [2.75, 3.05) is 13.2 Å². The highest BCUT2D eigenvalue weighted by Gasteiger charge is 2.00. The van der Waals surface area contributed by atoms with Crippen molar-refractivity contribution in [1.29, 1.82) is 0 Å². The summed E-state index contributed by atoms with van der Waals surface area (Å²) in [4.78, 5) is 0. The number of aliphatic hydroxyl groups excluding tert-OH is 2. The van der Waals surface area contributed by atoms with Crippen LogP contribution < -0.4 is 0 Å². The van der Waals surface area contributed by atoms with Crippen molar-refractivity contribution in [1.82, 2.24) is 0 Å². The number of hydrogen-bond donors (Lipinski definition) is 2. The van der Waals surface area contributed by atoms with Gasteiger partial charge in [0.2, 0.25) is 0 Å². The number of hydrogen-bond acceptors (Lipinski definition) is 3. The van der Waals surface area contributed by atoms with Crippen LogP contribution in [0.3, 0.4) is 0 Å². The summed E-state index contributed by atoms with van der Waals surface area (Å²) in [5, 5.41) is 17.5. The molecule has 3 heteroatoms. The van der Waals surface area contributed by atoms with E-state index in [2.05, 4.69) is 0 Å². The van der Waals surface area contributed by atoms with Crippen LogP contribution in [0, 0.1) is 0 Å². The lowest BCUT2D eigenvalue weighted by Gasteiger charge is -2.07. The van der Waals surface area contributed by atoms with E-state index in [0.29, 0.717) is 6.61 Å². The minimum atomic E-state index is -0.774. The summed E-state index contributed by atoms with van der Waals surface area (Å²) in [6.07, 6.45) is -0.774. The number of rotatable bonds is 5. The molecule has 0 heterocycles. The average Bonchev–Trinajstić information content (AvgIpc) is 2.33. The van der Waals surface area contributed by atoms with Crippen LogP contribution in [0.2, 0.25) is 0 Å².